The Kier molecular flexibility index (Phi) is 16.2. The topological polar surface area (TPSA) is 67.4 Å². The van der Waals surface area contributed by atoms with E-state index >= 15 is 0 Å². The van der Waals surface area contributed by atoms with Gasteiger partial charge in [0.25, 0.3) is 0 Å². The lowest BCUT2D eigenvalue weighted by atomic mass is 10.2. The average Bonchev–Trinajstić information content (AvgIpc) is 2.68. The second kappa shape index (κ2) is 16.8. The number of hydrogen-bond donors (Lipinski definition) is 2. The van der Waals surface area contributed by atoms with Gasteiger partial charge in [0.1, 0.15) is 0 Å². The molecule has 0 amide bonds. The first kappa shape index (κ1) is 28.0. The van der Waals surface area contributed by atoms with Gasteiger partial charge >= 0.3 is 0 Å². The fraction of sp³-hybridized carbons (Fsp3) is 0.650. The van der Waals surface area contributed by atoms with E-state index in [2.05, 4.69) is 27.6 Å². The molecular formula is C20H36ClIN4O3. The standard InChI is InChI=1S/C20H35ClN4O3.HI/c1-6-22-20(23-9-11-25(3)10-8-12-26-4)24-15-16-13-17(21)19(28-7-2)18(14-16)27-5;/h13-14H,6-12,15H2,1-5H3,(H2,22,23,24);1H. The van der Waals surface area contributed by atoms with Crippen LogP contribution in [0.3, 0.4) is 0 Å². The van der Waals surface area contributed by atoms with Gasteiger partial charge in [-0.25, -0.2) is 4.99 Å². The lowest BCUT2D eigenvalue weighted by Crippen LogP contribution is -2.41. The monoisotopic (exact) mass is 542 g/mol. The molecule has 0 fully saturated rings. The normalized spacial score (nSPS) is 11.2. The molecule has 1 rings (SSSR count). The number of nitrogens with one attached hydrogen (secondary N) is 2. The molecule has 0 aromatic heterocycles. The number of guanidine groups is 1. The Labute approximate surface area is 197 Å². The number of ether oxygens (including phenoxy) is 3. The maximum atomic E-state index is 6.34. The van der Waals surface area contributed by atoms with Gasteiger partial charge in [0.15, 0.2) is 17.5 Å². The smallest absolute Gasteiger partial charge is 0.191 e. The summed E-state index contributed by atoms with van der Waals surface area (Å²) in [5.41, 5.74) is 0.958. The summed E-state index contributed by atoms with van der Waals surface area (Å²) in [5, 5.41) is 7.16. The van der Waals surface area contributed by atoms with Gasteiger partial charge in [-0.05, 0) is 45.0 Å². The number of benzene rings is 1. The zero-order chi connectivity index (χ0) is 20.8. The predicted octanol–water partition coefficient (Wildman–Crippen LogP) is 3.39. The molecule has 0 aliphatic rings. The molecule has 0 radical (unpaired) electrons. The molecule has 29 heavy (non-hydrogen) atoms. The van der Waals surface area contributed by atoms with Crippen molar-refractivity contribution in [3.63, 3.8) is 0 Å². The van der Waals surface area contributed by atoms with Crippen molar-refractivity contribution in [1.29, 1.82) is 0 Å². The molecule has 0 heterocycles. The van der Waals surface area contributed by atoms with E-state index < -0.39 is 0 Å². The van der Waals surface area contributed by atoms with Crippen LogP contribution in [-0.2, 0) is 11.3 Å². The van der Waals surface area contributed by atoms with Crippen LogP contribution in [0, 0.1) is 0 Å². The van der Waals surface area contributed by atoms with Gasteiger partial charge in [-0.15, -0.1) is 24.0 Å². The van der Waals surface area contributed by atoms with E-state index in [1.165, 1.54) is 0 Å². The number of rotatable bonds is 13. The van der Waals surface area contributed by atoms with Crippen molar-refractivity contribution < 1.29 is 14.2 Å². The fourth-order valence-corrected chi connectivity index (χ4v) is 2.90. The molecule has 0 aliphatic carbocycles. The minimum absolute atomic E-state index is 0. The second-order valence-corrected chi connectivity index (χ2v) is 6.72. The molecule has 0 aliphatic heterocycles. The van der Waals surface area contributed by atoms with Crippen LogP contribution < -0.4 is 20.1 Å². The number of methoxy groups -OCH3 is 2. The molecule has 0 spiro atoms. The Balaban J connectivity index is 0.00000784. The number of halogens is 2. The number of nitrogens with zero attached hydrogens (tertiary/aromatic N) is 2. The average molecular weight is 543 g/mol. The maximum absolute atomic E-state index is 6.34. The third-order valence-corrected chi connectivity index (χ3v) is 4.30. The third-order valence-electron chi connectivity index (χ3n) is 4.02. The van der Waals surface area contributed by atoms with Gasteiger partial charge in [0.2, 0.25) is 0 Å². The maximum Gasteiger partial charge on any atom is 0.191 e. The number of hydrogen-bond acceptors (Lipinski definition) is 5. The fourth-order valence-electron chi connectivity index (χ4n) is 2.62. The minimum Gasteiger partial charge on any atom is -0.493 e. The number of aliphatic imine (C=N–C) groups is 1. The van der Waals surface area contributed by atoms with Crippen LogP contribution in [0.5, 0.6) is 11.5 Å². The van der Waals surface area contributed by atoms with Crippen molar-refractivity contribution in [3.8, 4) is 11.5 Å². The van der Waals surface area contributed by atoms with Crippen LogP contribution >= 0.6 is 35.6 Å². The molecule has 7 nitrogen and oxygen atoms in total. The largest absolute Gasteiger partial charge is 0.493 e. The van der Waals surface area contributed by atoms with Gasteiger partial charge in [0.05, 0.1) is 25.3 Å². The Hall–Kier alpha value is -0.970. The highest BCUT2D eigenvalue weighted by Gasteiger charge is 2.11. The van der Waals surface area contributed by atoms with Crippen LogP contribution in [0.15, 0.2) is 17.1 Å². The van der Waals surface area contributed by atoms with Crippen LogP contribution in [0.2, 0.25) is 5.02 Å². The first-order chi connectivity index (χ1) is 13.5. The van der Waals surface area contributed by atoms with Crippen molar-refractivity contribution in [2.24, 2.45) is 4.99 Å². The molecule has 0 atom stereocenters. The van der Waals surface area contributed by atoms with Gasteiger partial charge < -0.3 is 29.7 Å². The summed E-state index contributed by atoms with van der Waals surface area (Å²) in [7, 11) is 5.44. The van der Waals surface area contributed by atoms with Crippen LogP contribution in [0.1, 0.15) is 25.8 Å². The molecule has 168 valence electrons. The predicted molar refractivity (Wildman–Crippen MR) is 131 cm³/mol. The molecule has 9 heteroatoms. The summed E-state index contributed by atoms with van der Waals surface area (Å²) >= 11 is 6.34. The summed E-state index contributed by atoms with van der Waals surface area (Å²) in [6.45, 7) is 9.30. The second-order valence-electron chi connectivity index (χ2n) is 6.31. The molecule has 2 N–H and O–H groups in total. The summed E-state index contributed by atoms with van der Waals surface area (Å²) in [5.74, 6) is 1.97. The Morgan fingerprint density at radius 2 is 1.93 bits per heavy atom. The summed E-state index contributed by atoms with van der Waals surface area (Å²) in [6, 6.07) is 3.78. The van der Waals surface area contributed by atoms with Crippen molar-refractivity contribution in [1.82, 2.24) is 15.5 Å². The Morgan fingerprint density at radius 3 is 2.55 bits per heavy atom. The third kappa shape index (κ3) is 11.1. The summed E-state index contributed by atoms with van der Waals surface area (Å²) in [4.78, 5) is 6.92. The molecule has 0 bridgehead atoms. The lowest BCUT2D eigenvalue weighted by Gasteiger charge is -2.18. The van der Waals surface area contributed by atoms with Gasteiger partial charge in [-0.1, -0.05) is 11.6 Å². The molecule has 1 aromatic rings. The van der Waals surface area contributed by atoms with E-state index in [0.29, 0.717) is 29.7 Å². The van der Waals surface area contributed by atoms with E-state index in [0.717, 1.165) is 50.7 Å². The highest BCUT2D eigenvalue weighted by Crippen LogP contribution is 2.36. The Morgan fingerprint density at radius 1 is 1.17 bits per heavy atom. The van der Waals surface area contributed by atoms with E-state index in [-0.39, 0.29) is 24.0 Å². The summed E-state index contributed by atoms with van der Waals surface area (Å²) < 4.78 is 16.0. The van der Waals surface area contributed by atoms with Crippen molar-refractivity contribution in [2.45, 2.75) is 26.8 Å². The summed E-state index contributed by atoms with van der Waals surface area (Å²) in [6.07, 6.45) is 1.03. The molecular weight excluding hydrogens is 507 g/mol. The van der Waals surface area contributed by atoms with Crippen molar-refractivity contribution in [2.75, 3.05) is 60.7 Å². The molecule has 0 saturated heterocycles. The van der Waals surface area contributed by atoms with Crippen LogP contribution in [0.25, 0.3) is 0 Å². The molecule has 0 unspecified atom stereocenters. The zero-order valence-electron chi connectivity index (χ0n) is 18.2. The van der Waals surface area contributed by atoms with E-state index in [4.69, 9.17) is 25.8 Å². The van der Waals surface area contributed by atoms with Crippen molar-refractivity contribution >= 4 is 41.5 Å². The first-order valence-electron chi connectivity index (χ1n) is 9.74. The van der Waals surface area contributed by atoms with E-state index in [1.54, 1.807) is 14.2 Å². The highest BCUT2D eigenvalue weighted by atomic mass is 127. The van der Waals surface area contributed by atoms with Gasteiger partial charge in [-0.3, -0.25) is 0 Å². The van der Waals surface area contributed by atoms with Crippen molar-refractivity contribution in [3.05, 3.63) is 22.7 Å². The zero-order valence-corrected chi connectivity index (χ0v) is 21.3. The Bertz CT molecular complexity index is 605. The quantitative estimate of drug-likeness (QED) is 0.172. The molecule has 1 aromatic carbocycles. The minimum atomic E-state index is 0. The van der Waals surface area contributed by atoms with Gasteiger partial charge in [0, 0.05) is 39.9 Å². The SMILES string of the molecule is CCNC(=NCc1cc(Cl)c(OCC)c(OC)c1)NCCN(C)CCCOC.I. The number of likely N-dealkylation sites (N-methyl/N-ethyl adjacent to an activating group) is 1. The van der Waals surface area contributed by atoms with Crippen LogP contribution in [-0.4, -0.2) is 71.5 Å². The first-order valence-corrected chi connectivity index (χ1v) is 10.1. The lowest BCUT2D eigenvalue weighted by molar-refractivity contribution is 0.180. The van der Waals surface area contributed by atoms with E-state index in [1.807, 2.05) is 26.0 Å². The van der Waals surface area contributed by atoms with E-state index in [9.17, 15) is 0 Å². The van der Waals surface area contributed by atoms with Gasteiger partial charge in [-0.2, -0.15) is 0 Å². The highest BCUT2D eigenvalue weighted by molar-refractivity contribution is 14.0. The van der Waals surface area contributed by atoms with Crippen LogP contribution in [0.4, 0.5) is 0 Å². The molecule has 0 saturated carbocycles.